The third kappa shape index (κ3) is 3.04. The van der Waals surface area contributed by atoms with E-state index < -0.39 is 0 Å². The van der Waals surface area contributed by atoms with Crippen LogP contribution in [0.15, 0.2) is 4.47 Å². The standard InChI is InChI=1S/C9H14BrN3O2/c1-6-9(10)7(2)13(12-6)5-8(15)11-3-4-14/h14H,3-5H2,1-2H3,(H,11,15). The molecule has 0 aliphatic heterocycles. The number of aliphatic hydroxyl groups excluding tert-OH is 1. The molecule has 0 aliphatic rings. The third-order valence-corrected chi connectivity index (χ3v) is 3.17. The zero-order chi connectivity index (χ0) is 11.4. The smallest absolute Gasteiger partial charge is 0.241 e. The molecule has 0 radical (unpaired) electrons. The predicted octanol–water partition coefficient (Wildman–Crippen LogP) is 0.371. The fourth-order valence-corrected chi connectivity index (χ4v) is 1.50. The molecule has 1 rings (SSSR count). The summed E-state index contributed by atoms with van der Waals surface area (Å²) in [5, 5.41) is 15.3. The molecule has 0 aliphatic carbocycles. The van der Waals surface area contributed by atoms with Gasteiger partial charge in [-0.2, -0.15) is 5.10 Å². The Kier molecular flexibility index (Phi) is 4.28. The monoisotopic (exact) mass is 275 g/mol. The van der Waals surface area contributed by atoms with E-state index in [1.54, 1.807) is 4.68 Å². The number of aliphatic hydroxyl groups is 1. The van der Waals surface area contributed by atoms with Crippen LogP contribution in [0.2, 0.25) is 0 Å². The molecule has 1 aromatic heterocycles. The molecule has 0 saturated heterocycles. The molecule has 1 heterocycles. The number of carbonyl (C=O) groups excluding carboxylic acids is 1. The first-order valence-corrected chi connectivity index (χ1v) is 5.42. The number of aryl methyl sites for hydroxylation is 1. The molecule has 6 heteroatoms. The van der Waals surface area contributed by atoms with Crippen molar-refractivity contribution in [3.63, 3.8) is 0 Å². The Bertz CT molecular complexity index is 362. The second kappa shape index (κ2) is 5.27. The van der Waals surface area contributed by atoms with Crippen LogP contribution in [0.5, 0.6) is 0 Å². The van der Waals surface area contributed by atoms with Gasteiger partial charge in [0.1, 0.15) is 6.54 Å². The lowest BCUT2D eigenvalue weighted by Gasteiger charge is -2.04. The predicted molar refractivity (Wildman–Crippen MR) is 59.5 cm³/mol. The summed E-state index contributed by atoms with van der Waals surface area (Å²) >= 11 is 3.39. The van der Waals surface area contributed by atoms with Crippen LogP contribution in [0.25, 0.3) is 0 Å². The number of aromatic nitrogens is 2. The van der Waals surface area contributed by atoms with Crippen LogP contribution in [0.1, 0.15) is 11.4 Å². The van der Waals surface area contributed by atoms with Crippen LogP contribution < -0.4 is 5.32 Å². The summed E-state index contributed by atoms with van der Waals surface area (Å²) in [6, 6.07) is 0. The molecule has 1 amide bonds. The average Bonchev–Trinajstić information content (AvgIpc) is 2.43. The van der Waals surface area contributed by atoms with Gasteiger partial charge in [-0.05, 0) is 29.8 Å². The lowest BCUT2D eigenvalue weighted by atomic mass is 10.4. The molecule has 15 heavy (non-hydrogen) atoms. The molecule has 5 nitrogen and oxygen atoms in total. The van der Waals surface area contributed by atoms with Gasteiger partial charge in [0.25, 0.3) is 0 Å². The van der Waals surface area contributed by atoms with Crippen molar-refractivity contribution in [3.05, 3.63) is 15.9 Å². The summed E-state index contributed by atoms with van der Waals surface area (Å²) in [4.78, 5) is 11.3. The third-order valence-electron chi connectivity index (χ3n) is 2.02. The number of rotatable bonds is 4. The summed E-state index contributed by atoms with van der Waals surface area (Å²) < 4.78 is 2.56. The van der Waals surface area contributed by atoms with Crippen LogP contribution in [0.4, 0.5) is 0 Å². The molecule has 0 saturated carbocycles. The largest absolute Gasteiger partial charge is 0.395 e. The minimum Gasteiger partial charge on any atom is -0.395 e. The molecule has 0 spiro atoms. The number of carbonyl (C=O) groups is 1. The number of hydrogen-bond acceptors (Lipinski definition) is 3. The average molecular weight is 276 g/mol. The Hall–Kier alpha value is -0.880. The van der Waals surface area contributed by atoms with E-state index in [4.69, 9.17) is 5.11 Å². The van der Waals surface area contributed by atoms with E-state index in [9.17, 15) is 4.79 Å². The first kappa shape index (κ1) is 12.2. The van der Waals surface area contributed by atoms with Crippen molar-refractivity contribution >= 4 is 21.8 Å². The molecule has 0 aromatic carbocycles. The van der Waals surface area contributed by atoms with Crippen molar-refractivity contribution in [2.24, 2.45) is 0 Å². The Labute approximate surface area is 96.6 Å². The van der Waals surface area contributed by atoms with Crippen molar-refractivity contribution in [3.8, 4) is 0 Å². The second-order valence-corrected chi connectivity index (χ2v) is 4.01. The Morgan fingerprint density at radius 2 is 2.27 bits per heavy atom. The van der Waals surface area contributed by atoms with Gasteiger partial charge in [0.2, 0.25) is 5.91 Å². The zero-order valence-corrected chi connectivity index (χ0v) is 10.3. The number of amides is 1. The fraction of sp³-hybridized carbons (Fsp3) is 0.556. The summed E-state index contributed by atoms with van der Waals surface area (Å²) in [5.41, 5.74) is 1.79. The van der Waals surface area contributed by atoms with Gasteiger partial charge in [0, 0.05) is 6.54 Å². The van der Waals surface area contributed by atoms with Crippen LogP contribution in [-0.4, -0.2) is 33.9 Å². The highest BCUT2D eigenvalue weighted by Crippen LogP contribution is 2.19. The topological polar surface area (TPSA) is 67.2 Å². The van der Waals surface area contributed by atoms with Crippen molar-refractivity contribution in [1.29, 1.82) is 0 Å². The highest BCUT2D eigenvalue weighted by molar-refractivity contribution is 9.10. The van der Waals surface area contributed by atoms with Crippen LogP contribution in [0.3, 0.4) is 0 Å². The van der Waals surface area contributed by atoms with E-state index in [2.05, 4.69) is 26.3 Å². The van der Waals surface area contributed by atoms with Gasteiger partial charge in [0.05, 0.1) is 22.5 Å². The number of nitrogens with one attached hydrogen (secondary N) is 1. The fourth-order valence-electron chi connectivity index (χ4n) is 1.22. The van der Waals surface area contributed by atoms with Gasteiger partial charge in [-0.1, -0.05) is 0 Å². The van der Waals surface area contributed by atoms with E-state index >= 15 is 0 Å². The van der Waals surface area contributed by atoms with Gasteiger partial charge < -0.3 is 10.4 Å². The number of hydrogen-bond donors (Lipinski definition) is 2. The van der Waals surface area contributed by atoms with E-state index in [0.717, 1.165) is 15.9 Å². The summed E-state index contributed by atoms with van der Waals surface area (Å²) in [7, 11) is 0. The van der Waals surface area contributed by atoms with Gasteiger partial charge in [-0.3, -0.25) is 9.48 Å². The van der Waals surface area contributed by atoms with E-state index in [1.165, 1.54) is 0 Å². The molecule has 1 aromatic rings. The molecular weight excluding hydrogens is 262 g/mol. The quantitative estimate of drug-likeness (QED) is 0.835. The second-order valence-electron chi connectivity index (χ2n) is 3.22. The maximum atomic E-state index is 11.3. The normalized spacial score (nSPS) is 10.4. The van der Waals surface area contributed by atoms with Gasteiger partial charge >= 0.3 is 0 Å². The highest BCUT2D eigenvalue weighted by atomic mass is 79.9. The minimum atomic E-state index is -0.151. The molecule has 0 unspecified atom stereocenters. The summed E-state index contributed by atoms with van der Waals surface area (Å²) in [5.74, 6) is -0.151. The summed E-state index contributed by atoms with van der Waals surface area (Å²) in [6.45, 7) is 4.17. The van der Waals surface area contributed by atoms with Crippen LogP contribution >= 0.6 is 15.9 Å². The minimum absolute atomic E-state index is 0.0491. The lowest BCUT2D eigenvalue weighted by molar-refractivity contribution is -0.122. The van der Waals surface area contributed by atoms with Crippen LogP contribution in [-0.2, 0) is 11.3 Å². The van der Waals surface area contributed by atoms with Crippen LogP contribution in [0, 0.1) is 13.8 Å². The van der Waals surface area contributed by atoms with Gasteiger partial charge in [0.15, 0.2) is 0 Å². The summed E-state index contributed by atoms with van der Waals surface area (Å²) in [6.07, 6.45) is 0. The molecular formula is C9H14BrN3O2. The molecule has 84 valence electrons. The molecule has 2 N–H and O–H groups in total. The number of halogens is 1. The van der Waals surface area contributed by atoms with Crippen molar-refractivity contribution < 1.29 is 9.90 Å². The van der Waals surface area contributed by atoms with Gasteiger partial charge in [-0.25, -0.2) is 0 Å². The van der Waals surface area contributed by atoms with Crippen molar-refractivity contribution in [1.82, 2.24) is 15.1 Å². The van der Waals surface area contributed by atoms with E-state index in [1.807, 2.05) is 13.8 Å². The van der Waals surface area contributed by atoms with Gasteiger partial charge in [-0.15, -0.1) is 0 Å². The Morgan fingerprint density at radius 3 is 2.73 bits per heavy atom. The Morgan fingerprint density at radius 1 is 1.60 bits per heavy atom. The van der Waals surface area contributed by atoms with E-state index in [0.29, 0.717) is 0 Å². The van der Waals surface area contributed by atoms with Crippen molar-refractivity contribution in [2.75, 3.05) is 13.2 Å². The zero-order valence-electron chi connectivity index (χ0n) is 8.75. The molecule has 0 atom stereocenters. The number of nitrogens with zero attached hydrogens (tertiary/aromatic N) is 2. The van der Waals surface area contributed by atoms with E-state index in [-0.39, 0.29) is 25.6 Å². The SMILES string of the molecule is Cc1nn(CC(=O)NCCO)c(C)c1Br. The maximum absolute atomic E-state index is 11.3. The molecule has 0 bridgehead atoms. The highest BCUT2D eigenvalue weighted by Gasteiger charge is 2.11. The Balaban J connectivity index is 2.64. The van der Waals surface area contributed by atoms with Crippen molar-refractivity contribution in [2.45, 2.75) is 20.4 Å². The lowest BCUT2D eigenvalue weighted by Crippen LogP contribution is -2.30. The molecule has 0 fully saturated rings. The first-order chi connectivity index (χ1) is 7.06. The maximum Gasteiger partial charge on any atom is 0.241 e. The first-order valence-electron chi connectivity index (χ1n) is 4.63.